The summed E-state index contributed by atoms with van der Waals surface area (Å²) in [7, 11) is 0. The van der Waals surface area contributed by atoms with Gasteiger partial charge in [0.05, 0.1) is 6.04 Å². The Morgan fingerprint density at radius 1 is 1.03 bits per heavy atom. The molecule has 0 radical (unpaired) electrons. The van der Waals surface area contributed by atoms with Crippen molar-refractivity contribution in [1.29, 1.82) is 0 Å². The van der Waals surface area contributed by atoms with Gasteiger partial charge in [-0.3, -0.25) is 4.79 Å². The highest BCUT2D eigenvalue weighted by Crippen LogP contribution is 2.21. The van der Waals surface area contributed by atoms with E-state index in [1.807, 2.05) is 65.6 Å². The predicted octanol–water partition coefficient (Wildman–Crippen LogP) is 4.80. The molecule has 0 unspecified atom stereocenters. The molecule has 6 nitrogen and oxygen atoms in total. The van der Waals surface area contributed by atoms with E-state index in [1.54, 1.807) is 11.8 Å². The maximum atomic E-state index is 13.1. The van der Waals surface area contributed by atoms with Crippen molar-refractivity contribution in [3.8, 4) is 0 Å². The van der Waals surface area contributed by atoms with Gasteiger partial charge in [0.1, 0.15) is 6.61 Å². The summed E-state index contributed by atoms with van der Waals surface area (Å²) >= 11 is 1.64. The number of amides is 2. The number of nitrogens with zero attached hydrogens (tertiary/aromatic N) is 2. The molecule has 0 bridgehead atoms. The van der Waals surface area contributed by atoms with Crippen LogP contribution in [0.4, 0.5) is 4.79 Å². The maximum Gasteiger partial charge on any atom is 0.407 e. The van der Waals surface area contributed by atoms with E-state index < -0.39 is 6.09 Å². The molecule has 1 aliphatic rings. The van der Waals surface area contributed by atoms with Crippen LogP contribution < -0.4 is 5.32 Å². The van der Waals surface area contributed by atoms with Gasteiger partial charge >= 0.3 is 6.09 Å². The minimum atomic E-state index is -0.490. The second kappa shape index (κ2) is 14.0. The fourth-order valence-corrected chi connectivity index (χ4v) is 5.30. The van der Waals surface area contributed by atoms with Crippen molar-refractivity contribution in [2.75, 3.05) is 31.9 Å². The van der Waals surface area contributed by atoms with Crippen LogP contribution in [0.1, 0.15) is 38.7 Å². The van der Waals surface area contributed by atoms with Crippen molar-refractivity contribution in [3.05, 3.63) is 66.2 Å². The summed E-state index contributed by atoms with van der Waals surface area (Å²) in [6.07, 6.45) is 1.79. The average molecular weight is 484 g/mol. The highest BCUT2D eigenvalue weighted by atomic mass is 32.2. The number of piperidine rings is 1. The molecule has 7 heteroatoms. The largest absolute Gasteiger partial charge is 0.445 e. The molecule has 34 heavy (non-hydrogen) atoms. The summed E-state index contributed by atoms with van der Waals surface area (Å²) in [4.78, 5) is 31.2. The molecule has 2 aromatic carbocycles. The summed E-state index contributed by atoms with van der Waals surface area (Å²) in [5.74, 6) is 0.701. The first-order valence-corrected chi connectivity index (χ1v) is 13.2. The number of carbonyl (C=O) groups is 2. The molecule has 1 N–H and O–H groups in total. The van der Waals surface area contributed by atoms with E-state index in [-0.39, 0.29) is 25.0 Å². The number of hydrogen-bond acceptors (Lipinski definition) is 5. The number of benzene rings is 2. The summed E-state index contributed by atoms with van der Waals surface area (Å²) in [6.45, 7) is 8.23. The van der Waals surface area contributed by atoms with Gasteiger partial charge < -0.3 is 19.9 Å². The third-order valence-corrected chi connectivity index (χ3v) is 7.47. The van der Waals surface area contributed by atoms with E-state index in [1.165, 1.54) is 0 Å². The summed E-state index contributed by atoms with van der Waals surface area (Å²) in [5.41, 5.74) is 0.931. The molecule has 2 aromatic rings. The van der Waals surface area contributed by atoms with E-state index in [4.69, 9.17) is 4.74 Å². The lowest BCUT2D eigenvalue weighted by molar-refractivity contribution is -0.133. The van der Waals surface area contributed by atoms with E-state index >= 15 is 0 Å². The second-order valence-corrected chi connectivity index (χ2v) is 9.66. The van der Waals surface area contributed by atoms with Gasteiger partial charge in [0, 0.05) is 36.2 Å². The monoisotopic (exact) mass is 483 g/mol. The van der Waals surface area contributed by atoms with Crippen LogP contribution in [0.3, 0.4) is 0 Å². The Labute approximate surface area is 208 Å². The minimum absolute atomic E-state index is 0.0972. The number of ether oxygens (including phenoxy) is 1. The highest BCUT2D eigenvalue weighted by molar-refractivity contribution is 7.99. The van der Waals surface area contributed by atoms with E-state index in [2.05, 4.69) is 24.1 Å². The summed E-state index contributed by atoms with van der Waals surface area (Å²) in [5, 5.41) is 2.94. The quantitative estimate of drug-likeness (QED) is 0.466. The van der Waals surface area contributed by atoms with Gasteiger partial charge in [0.15, 0.2) is 0 Å². The van der Waals surface area contributed by atoms with E-state index in [9.17, 15) is 9.59 Å². The van der Waals surface area contributed by atoms with Crippen LogP contribution in [0.25, 0.3) is 0 Å². The van der Waals surface area contributed by atoms with Crippen molar-refractivity contribution in [3.63, 3.8) is 0 Å². The van der Waals surface area contributed by atoms with Gasteiger partial charge in [-0.05, 0) is 43.6 Å². The number of rotatable bonds is 11. The van der Waals surface area contributed by atoms with Crippen LogP contribution in [0.2, 0.25) is 0 Å². The van der Waals surface area contributed by atoms with Crippen LogP contribution >= 0.6 is 11.8 Å². The first kappa shape index (κ1) is 26.1. The van der Waals surface area contributed by atoms with E-state index in [0.717, 1.165) is 49.5 Å². The molecule has 1 heterocycles. The molecule has 1 aliphatic heterocycles. The third-order valence-electron chi connectivity index (χ3n) is 6.30. The lowest BCUT2D eigenvalue weighted by Crippen LogP contribution is -2.48. The predicted molar refractivity (Wildman–Crippen MR) is 138 cm³/mol. The standard InChI is InChI=1S/C27H37N3O3S/c1-3-29(4-2)24-15-17-30(18-16-24)26(31)19-23(21-34-25-13-9-6-10-14-25)28-27(32)33-20-22-11-7-5-8-12-22/h5-14,23-24H,3-4,15-21H2,1-2H3,(H,28,32)/t23-/m1/s1. The number of thioether (sulfide) groups is 1. The van der Waals surface area contributed by atoms with E-state index in [0.29, 0.717) is 11.8 Å². The number of carbonyl (C=O) groups excluding carboxylic acids is 2. The molecule has 0 aromatic heterocycles. The Balaban J connectivity index is 1.54. The van der Waals surface area contributed by atoms with Crippen molar-refractivity contribution < 1.29 is 14.3 Å². The summed E-state index contributed by atoms with van der Waals surface area (Å²) in [6, 6.07) is 19.9. The molecule has 0 aliphatic carbocycles. The average Bonchev–Trinajstić information content (AvgIpc) is 2.88. The zero-order valence-corrected chi connectivity index (χ0v) is 21.1. The van der Waals surface area contributed by atoms with Gasteiger partial charge in [-0.2, -0.15) is 0 Å². The first-order valence-electron chi connectivity index (χ1n) is 12.3. The Hall–Kier alpha value is -2.51. The Morgan fingerprint density at radius 2 is 1.65 bits per heavy atom. The van der Waals surface area contributed by atoms with Gasteiger partial charge in [0.25, 0.3) is 0 Å². The van der Waals surface area contributed by atoms with Crippen LogP contribution in [0.5, 0.6) is 0 Å². The van der Waals surface area contributed by atoms with Crippen LogP contribution in [-0.4, -0.2) is 65.8 Å². The normalized spacial score (nSPS) is 15.2. The number of hydrogen-bond donors (Lipinski definition) is 1. The van der Waals surface area contributed by atoms with Crippen LogP contribution in [-0.2, 0) is 16.1 Å². The third kappa shape index (κ3) is 8.37. The molecule has 0 saturated carbocycles. The Bertz CT molecular complexity index is 869. The van der Waals surface area contributed by atoms with Crippen molar-refractivity contribution in [2.24, 2.45) is 0 Å². The summed E-state index contributed by atoms with van der Waals surface area (Å²) < 4.78 is 5.41. The molecule has 2 amide bonds. The number of likely N-dealkylation sites (tertiary alicyclic amines) is 1. The zero-order valence-electron chi connectivity index (χ0n) is 20.3. The number of nitrogens with one attached hydrogen (secondary N) is 1. The Morgan fingerprint density at radius 3 is 2.26 bits per heavy atom. The fraction of sp³-hybridized carbons (Fsp3) is 0.481. The fourth-order valence-electron chi connectivity index (χ4n) is 4.36. The number of alkyl carbamates (subject to hydrolysis) is 1. The Kier molecular flexibility index (Phi) is 10.8. The molecular weight excluding hydrogens is 446 g/mol. The molecule has 0 spiro atoms. The molecule has 1 fully saturated rings. The maximum absolute atomic E-state index is 13.1. The lowest BCUT2D eigenvalue weighted by atomic mass is 10.0. The smallest absolute Gasteiger partial charge is 0.407 e. The van der Waals surface area contributed by atoms with Crippen LogP contribution in [0.15, 0.2) is 65.6 Å². The lowest BCUT2D eigenvalue weighted by Gasteiger charge is -2.38. The van der Waals surface area contributed by atoms with Crippen molar-refractivity contribution in [2.45, 2.75) is 56.7 Å². The molecule has 1 atom stereocenters. The van der Waals surface area contributed by atoms with Crippen molar-refractivity contribution in [1.82, 2.24) is 15.1 Å². The molecule has 1 saturated heterocycles. The molecule has 3 rings (SSSR count). The highest BCUT2D eigenvalue weighted by Gasteiger charge is 2.27. The topological polar surface area (TPSA) is 61.9 Å². The van der Waals surface area contributed by atoms with Gasteiger partial charge in [-0.25, -0.2) is 4.79 Å². The molecule has 184 valence electrons. The van der Waals surface area contributed by atoms with Crippen molar-refractivity contribution >= 4 is 23.8 Å². The van der Waals surface area contributed by atoms with Crippen LogP contribution in [0, 0.1) is 0 Å². The first-order chi connectivity index (χ1) is 16.6. The van der Waals surface area contributed by atoms with Gasteiger partial charge in [-0.1, -0.05) is 62.4 Å². The SMILES string of the molecule is CCN(CC)C1CCN(C(=O)C[C@H](CSc2ccccc2)NC(=O)OCc2ccccc2)CC1. The zero-order chi connectivity index (χ0) is 24.2. The van der Waals surface area contributed by atoms with Gasteiger partial charge in [0.2, 0.25) is 5.91 Å². The van der Waals surface area contributed by atoms with Gasteiger partial charge in [-0.15, -0.1) is 11.8 Å². The second-order valence-electron chi connectivity index (χ2n) is 8.56. The minimum Gasteiger partial charge on any atom is -0.445 e. The molecular formula is C27H37N3O3S.